The average molecular weight is 185 g/mol. The molecule has 0 aromatic heterocycles. The highest BCUT2D eigenvalue weighted by Gasteiger charge is 2.27. The molecule has 0 aromatic rings. The maximum Gasteiger partial charge on any atom is 0.411 e. The Morgan fingerprint density at radius 3 is 2.50 bits per heavy atom. The number of nitrogens with two attached hydrogens (primary N) is 1. The van der Waals surface area contributed by atoms with Crippen molar-refractivity contribution in [3.8, 4) is 0 Å². The second-order valence-electron chi connectivity index (χ2n) is 1.92. The summed E-state index contributed by atoms with van der Waals surface area (Å²) in [6.07, 6.45) is -4.31. The van der Waals surface area contributed by atoms with Gasteiger partial charge in [0, 0.05) is 7.05 Å². The number of hydrogen-bond donors (Lipinski definition) is 2. The number of rotatable bonds is 3. The predicted molar refractivity (Wildman–Crippen MR) is 37.6 cm³/mol. The summed E-state index contributed by atoms with van der Waals surface area (Å²) in [6, 6.07) is 0. The van der Waals surface area contributed by atoms with Crippen molar-refractivity contribution in [1.29, 1.82) is 0 Å². The molecule has 0 spiro atoms. The number of nitrogens with one attached hydrogen (secondary N) is 1. The SMILES string of the molecule is CN=C(COCC(F)(F)F)NN. The largest absolute Gasteiger partial charge is 0.411 e. The van der Waals surface area contributed by atoms with Crippen LogP contribution in [0.5, 0.6) is 0 Å². The highest BCUT2D eigenvalue weighted by atomic mass is 19.4. The van der Waals surface area contributed by atoms with E-state index in [2.05, 4.69) is 15.2 Å². The molecule has 0 rings (SSSR count). The quantitative estimate of drug-likeness (QED) is 0.283. The molecule has 0 aliphatic rings. The van der Waals surface area contributed by atoms with Crippen LogP contribution in [0.4, 0.5) is 13.2 Å². The second kappa shape index (κ2) is 4.94. The Labute approximate surface area is 67.6 Å². The van der Waals surface area contributed by atoms with Gasteiger partial charge in [-0.3, -0.25) is 4.99 Å². The number of aliphatic imine (C=N–C) groups is 1. The maximum atomic E-state index is 11.5. The highest BCUT2D eigenvalue weighted by molar-refractivity contribution is 5.82. The smallest absolute Gasteiger partial charge is 0.364 e. The number of hydrogen-bond acceptors (Lipinski definition) is 3. The molecular formula is C5H10F3N3O. The molecule has 0 heterocycles. The lowest BCUT2D eigenvalue weighted by Crippen LogP contribution is -2.34. The van der Waals surface area contributed by atoms with E-state index in [0.717, 1.165) is 0 Å². The molecule has 0 bridgehead atoms. The Kier molecular flexibility index (Phi) is 4.60. The Morgan fingerprint density at radius 2 is 2.17 bits per heavy atom. The van der Waals surface area contributed by atoms with E-state index in [1.54, 1.807) is 0 Å². The number of alkyl halides is 3. The number of hydrazine groups is 1. The van der Waals surface area contributed by atoms with Gasteiger partial charge in [-0.15, -0.1) is 0 Å². The van der Waals surface area contributed by atoms with Crippen LogP contribution in [0.1, 0.15) is 0 Å². The van der Waals surface area contributed by atoms with Crippen LogP contribution in [0.25, 0.3) is 0 Å². The number of amidine groups is 1. The molecule has 0 fully saturated rings. The van der Waals surface area contributed by atoms with E-state index in [1.807, 2.05) is 0 Å². The van der Waals surface area contributed by atoms with Crippen molar-refractivity contribution in [3.63, 3.8) is 0 Å². The molecule has 0 atom stereocenters. The van der Waals surface area contributed by atoms with Gasteiger partial charge in [0.05, 0.1) is 0 Å². The highest BCUT2D eigenvalue weighted by Crippen LogP contribution is 2.13. The first-order chi connectivity index (χ1) is 5.49. The lowest BCUT2D eigenvalue weighted by molar-refractivity contribution is -0.170. The Balaban J connectivity index is 3.56. The van der Waals surface area contributed by atoms with E-state index in [1.165, 1.54) is 7.05 Å². The van der Waals surface area contributed by atoms with Gasteiger partial charge in [0.15, 0.2) is 0 Å². The zero-order chi connectivity index (χ0) is 9.61. The molecule has 3 N–H and O–H groups in total. The minimum atomic E-state index is -4.31. The van der Waals surface area contributed by atoms with Gasteiger partial charge in [-0.2, -0.15) is 13.2 Å². The zero-order valence-electron chi connectivity index (χ0n) is 6.48. The van der Waals surface area contributed by atoms with Crippen LogP contribution in [0, 0.1) is 0 Å². The molecule has 7 heteroatoms. The van der Waals surface area contributed by atoms with E-state index in [-0.39, 0.29) is 12.4 Å². The summed E-state index contributed by atoms with van der Waals surface area (Å²) in [5, 5.41) is 0. The minimum absolute atomic E-state index is 0.166. The van der Waals surface area contributed by atoms with E-state index in [4.69, 9.17) is 5.84 Å². The Hall–Kier alpha value is -0.820. The van der Waals surface area contributed by atoms with Gasteiger partial charge in [0.1, 0.15) is 19.0 Å². The van der Waals surface area contributed by atoms with Gasteiger partial charge in [-0.25, -0.2) is 5.84 Å². The standard InChI is InChI=1S/C5H10F3N3O/c1-10-4(11-9)2-12-3-5(6,7)8/h2-3,9H2,1H3,(H,10,11). The second-order valence-corrected chi connectivity index (χ2v) is 1.92. The topological polar surface area (TPSA) is 59.6 Å². The first-order valence-corrected chi connectivity index (χ1v) is 3.06. The third-order valence-corrected chi connectivity index (χ3v) is 0.941. The Bertz CT molecular complexity index is 157. The maximum absolute atomic E-state index is 11.5. The third kappa shape index (κ3) is 5.93. The molecule has 4 nitrogen and oxygen atoms in total. The molecule has 0 aliphatic heterocycles. The van der Waals surface area contributed by atoms with E-state index in [9.17, 15) is 13.2 Å². The molecule has 12 heavy (non-hydrogen) atoms. The molecule has 0 radical (unpaired) electrons. The first-order valence-electron chi connectivity index (χ1n) is 3.06. The van der Waals surface area contributed by atoms with Gasteiger partial charge in [-0.1, -0.05) is 0 Å². The monoisotopic (exact) mass is 185 g/mol. The van der Waals surface area contributed by atoms with Crippen molar-refractivity contribution in [2.75, 3.05) is 20.3 Å². The van der Waals surface area contributed by atoms with Crippen LogP contribution in [-0.2, 0) is 4.74 Å². The average Bonchev–Trinajstić information content (AvgIpc) is 1.96. The van der Waals surface area contributed by atoms with Gasteiger partial charge in [0.2, 0.25) is 0 Å². The number of nitrogens with zero attached hydrogens (tertiary/aromatic N) is 1. The molecule has 0 saturated carbocycles. The van der Waals surface area contributed by atoms with E-state index < -0.39 is 12.8 Å². The normalized spacial score (nSPS) is 13.2. The molecule has 72 valence electrons. The molecule has 0 aliphatic carbocycles. The summed E-state index contributed by atoms with van der Waals surface area (Å²) in [4.78, 5) is 3.51. The number of ether oxygens (including phenoxy) is 1. The van der Waals surface area contributed by atoms with Gasteiger partial charge in [0.25, 0.3) is 0 Å². The fraction of sp³-hybridized carbons (Fsp3) is 0.800. The lowest BCUT2D eigenvalue weighted by atomic mass is 10.6. The molecule has 0 amide bonds. The number of halogens is 3. The van der Waals surface area contributed by atoms with E-state index in [0.29, 0.717) is 0 Å². The molecule has 0 aromatic carbocycles. The van der Waals surface area contributed by atoms with Crippen molar-refractivity contribution in [3.05, 3.63) is 0 Å². The van der Waals surface area contributed by atoms with E-state index >= 15 is 0 Å². The van der Waals surface area contributed by atoms with Crippen LogP contribution in [0.3, 0.4) is 0 Å². The summed E-state index contributed by atoms with van der Waals surface area (Å²) in [6.45, 7) is -1.57. The minimum Gasteiger partial charge on any atom is -0.364 e. The fourth-order valence-electron chi connectivity index (χ4n) is 0.434. The first kappa shape index (κ1) is 11.2. The van der Waals surface area contributed by atoms with Crippen LogP contribution in [-0.4, -0.2) is 32.3 Å². The van der Waals surface area contributed by atoms with Crippen LogP contribution < -0.4 is 11.3 Å². The summed E-state index contributed by atoms with van der Waals surface area (Å²) >= 11 is 0. The molecule has 0 unspecified atom stereocenters. The van der Waals surface area contributed by atoms with Crippen molar-refractivity contribution in [1.82, 2.24) is 5.43 Å². The molecular weight excluding hydrogens is 175 g/mol. The van der Waals surface area contributed by atoms with Gasteiger partial charge >= 0.3 is 6.18 Å². The van der Waals surface area contributed by atoms with Crippen LogP contribution in [0.2, 0.25) is 0 Å². The predicted octanol–water partition coefficient (Wildman–Crippen LogP) is 0.0569. The van der Waals surface area contributed by atoms with Gasteiger partial charge < -0.3 is 10.2 Å². The van der Waals surface area contributed by atoms with Crippen LogP contribution in [0.15, 0.2) is 4.99 Å². The molecule has 0 saturated heterocycles. The zero-order valence-corrected chi connectivity index (χ0v) is 6.48. The van der Waals surface area contributed by atoms with Crippen molar-refractivity contribution >= 4 is 5.84 Å². The van der Waals surface area contributed by atoms with Crippen LogP contribution >= 0.6 is 0 Å². The van der Waals surface area contributed by atoms with Gasteiger partial charge in [-0.05, 0) is 0 Å². The van der Waals surface area contributed by atoms with Crippen molar-refractivity contribution < 1.29 is 17.9 Å². The summed E-state index contributed by atoms with van der Waals surface area (Å²) in [7, 11) is 1.39. The summed E-state index contributed by atoms with van der Waals surface area (Å²) in [5.41, 5.74) is 2.10. The third-order valence-electron chi connectivity index (χ3n) is 0.941. The van der Waals surface area contributed by atoms with Crippen molar-refractivity contribution in [2.24, 2.45) is 10.8 Å². The lowest BCUT2D eigenvalue weighted by Gasteiger charge is -2.08. The fourth-order valence-corrected chi connectivity index (χ4v) is 0.434. The Morgan fingerprint density at radius 1 is 1.58 bits per heavy atom. The summed E-state index contributed by atoms with van der Waals surface area (Å²) < 4.78 is 38.7. The summed E-state index contributed by atoms with van der Waals surface area (Å²) in [5.74, 6) is 5.06. The van der Waals surface area contributed by atoms with Crippen molar-refractivity contribution in [2.45, 2.75) is 6.18 Å².